The van der Waals surface area contributed by atoms with Crippen molar-refractivity contribution in [3.8, 4) is 17.0 Å². The van der Waals surface area contributed by atoms with Gasteiger partial charge in [0.05, 0.1) is 30.5 Å². The summed E-state index contributed by atoms with van der Waals surface area (Å²) in [5.41, 5.74) is 2.31. The molecule has 0 aliphatic carbocycles. The molecule has 0 aliphatic heterocycles. The van der Waals surface area contributed by atoms with Crippen LogP contribution in [0.2, 0.25) is 0 Å². The molecule has 9 heteroatoms. The Labute approximate surface area is 205 Å². The number of hydrogen-bond donors (Lipinski definition) is 4. The summed E-state index contributed by atoms with van der Waals surface area (Å²) in [4.78, 5) is 26.5. The van der Waals surface area contributed by atoms with E-state index >= 15 is 0 Å². The van der Waals surface area contributed by atoms with E-state index in [0.29, 0.717) is 19.6 Å². The highest BCUT2D eigenvalue weighted by molar-refractivity contribution is 14.0. The zero-order valence-electron chi connectivity index (χ0n) is 18.2. The molecule has 0 saturated carbocycles. The summed E-state index contributed by atoms with van der Waals surface area (Å²) < 4.78 is 0. The number of H-pyrrole nitrogens is 1. The molecule has 3 rings (SSSR count). The monoisotopic (exact) mass is 548 g/mol. The molecule has 1 heterocycles. The molecular weight excluding hydrogens is 519 g/mol. The first-order valence-corrected chi connectivity index (χ1v) is 10.2. The Morgan fingerprint density at radius 3 is 2.56 bits per heavy atom. The summed E-state index contributed by atoms with van der Waals surface area (Å²) in [5.74, 6) is 1.19. The number of nitrogens with one attached hydrogen (secondary N) is 3. The number of hydrogen-bond acceptors (Lipinski definition) is 4. The second-order valence-electron chi connectivity index (χ2n) is 6.97. The first-order valence-electron chi connectivity index (χ1n) is 10.2. The number of carbonyl (C=O) groups excluding carboxylic acids is 1. The number of amides is 1. The molecule has 0 unspecified atom stereocenters. The van der Waals surface area contributed by atoms with Crippen molar-refractivity contribution in [1.82, 2.24) is 25.5 Å². The molecular formula is C23H29IN6O2. The maximum Gasteiger partial charge on any atom is 0.255 e. The molecule has 0 fully saturated rings. The second-order valence-corrected chi connectivity index (χ2v) is 6.97. The smallest absolute Gasteiger partial charge is 0.255 e. The lowest BCUT2D eigenvalue weighted by Gasteiger charge is -2.21. The molecule has 0 saturated heterocycles. The van der Waals surface area contributed by atoms with Crippen LogP contribution in [-0.4, -0.2) is 58.5 Å². The van der Waals surface area contributed by atoms with Crippen molar-refractivity contribution < 1.29 is 9.90 Å². The number of halogens is 1. The van der Waals surface area contributed by atoms with Gasteiger partial charge in [0.2, 0.25) is 0 Å². The van der Waals surface area contributed by atoms with Crippen molar-refractivity contribution in [3.63, 3.8) is 0 Å². The summed E-state index contributed by atoms with van der Waals surface area (Å²) in [6, 6.07) is 16.5. The van der Waals surface area contributed by atoms with Crippen LogP contribution < -0.4 is 10.6 Å². The number of aliphatic imine (C=N–C) groups is 1. The molecule has 0 radical (unpaired) electrons. The fourth-order valence-corrected chi connectivity index (χ4v) is 3.07. The highest BCUT2D eigenvalue weighted by atomic mass is 127. The number of benzene rings is 2. The van der Waals surface area contributed by atoms with Crippen molar-refractivity contribution in [2.75, 3.05) is 26.7 Å². The molecule has 0 atom stereocenters. The minimum absolute atomic E-state index is 0. The Morgan fingerprint density at radius 2 is 1.84 bits per heavy atom. The number of carbonyl (C=O) groups is 1. The van der Waals surface area contributed by atoms with E-state index in [1.54, 1.807) is 18.2 Å². The largest absolute Gasteiger partial charge is 0.507 e. The van der Waals surface area contributed by atoms with Gasteiger partial charge in [-0.15, -0.1) is 24.0 Å². The number of nitrogens with zero attached hydrogens (tertiary/aromatic N) is 3. The molecule has 1 aromatic heterocycles. The van der Waals surface area contributed by atoms with E-state index in [-0.39, 0.29) is 41.2 Å². The Hall–Kier alpha value is -3.08. The van der Waals surface area contributed by atoms with Gasteiger partial charge in [0.1, 0.15) is 11.6 Å². The number of guanidine groups is 1. The first kappa shape index (κ1) is 25.2. The van der Waals surface area contributed by atoms with Gasteiger partial charge >= 0.3 is 0 Å². The van der Waals surface area contributed by atoms with E-state index in [0.717, 1.165) is 29.6 Å². The Bertz CT molecular complexity index is 1020. The van der Waals surface area contributed by atoms with Gasteiger partial charge in [0.25, 0.3) is 5.91 Å². The molecule has 0 bridgehead atoms. The van der Waals surface area contributed by atoms with Gasteiger partial charge in [-0.3, -0.25) is 9.79 Å². The van der Waals surface area contributed by atoms with Crippen molar-refractivity contribution in [2.45, 2.75) is 13.5 Å². The highest BCUT2D eigenvalue weighted by Gasteiger charge is 2.11. The predicted octanol–water partition coefficient (Wildman–Crippen LogP) is 3.23. The Kier molecular flexibility index (Phi) is 9.99. The predicted molar refractivity (Wildman–Crippen MR) is 137 cm³/mol. The Balaban J connectivity index is 0.00000363. The third kappa shape index (κ3) is 6.98. The van der Waals surface area contributed by atoms with Crippen molar-refractivity contribution in [3.05, 3.63) is 72.2 Å². The number of aromatic amines is 1. The van der Waals surface area contributed by atoms with E-state index in [2.05, 4.69) is 25.6 Å². The first-order chi connectivity index (χ1) is 15.1. The van der Waals surface area contributed by atoms with E-state index in [4.69, 9.17) is 0 Å². The molecule has 2 aromatic carbocycles. The fraction of sp³-hybridized carbons (Fsp3) is 0.261. The third-order valence-corrected chi connectivity index (χ3v) is 4.60. The van der Waals surface area contributed by atoms with E-state index in [1.165, 1.54) is 6.07 Å². The minimum atomic E-state index is -0.323. The molecule has 170 valence electrons. The second kappa shape index (κ2) is 12.7. The molecule has 32 heavy (non-hydrogen) atoms. The number of phenols is 1. The van der Waals surface area contributed by atoms with Crippen LogP contribution in [0.4, 0.5) is 0 Å². The standard InChI is InChI=1S/C23H28N6O2.HI/c1-3-24-23(26-14-13-25-22(31)18-11-7-8-12-20(18)30)29(2)16-21-27-15-19(28-21)17-9-5-4-6-10-17;/h4-12,15,30H,3,13-14,16H2,1-2H3,(H,24,26)(H,25,31)(H,27,28);1H. The summed E-state index contributed by atoms with van der Waals surface area (Å²) in [5, 5.41) is 15.8. The number of aromatic nitrogens is 2. The number of phenolic OH excluding ortho intramolecular Hbond substituents is 1. The van der Waals surface area contributed by atoms with Gasteiger partial charge in [-0.1, -0.05) is 42.5 Å². The lowest BCUT2D eigenvalue weighted by molar-refractivity contribution is 0.0952. The summed E-state index contributed by atoms with van der Waals surface area (Å²) in [7, 11) is 1.94. The minimum Gasteiger partial charge on any atom is -0.507 e. The van der Waals surface area contributed by atoms with E-state index in [9.17, 15) is 9.90 Å². The SMILES string of the molecule is CCNC(=NCCNC(=O)c1ccccc1O)N(C)Cc1ncc(-c2ccccc2)[nH]1.I. The maximum atomic E-state index is 12.2. The fourth-order valence-electron chi connectivity index (χ4n) is 3.07. The molecule has 0 spiro atoms. The van der Waals surface area contributed by atoms with Gasteiger partial charge < -0.3 is 25.6 Å². The number of rotatable bonds is 8. The van der Waals surface area contributed by atoms with Gasteiger partial charge in [-0.2, -0.15) is 0 Å². The van der Waals surface area contributed by atoms with Crippen LogP contribution in [0.5, 0.6) is 5.75 Å². The molecule has 0 aliphatic rings. The lowest BCUT2D eigenvalue weighted by atomic mass is 10.2. The van der Waals surface area contributed by atoms with Crippen molar-refractivity contribution in [1.29, 1.82) is 0 Å². The number of para-hydroxylation sites is 1. The van der Waals surface area contributed by atoms with Gasteiger partial charge in [0, 0.05) is 20.1 Å². The maximum absolute atomic E-state index is 12.2. The molecule has 4 N–H and O–H groups in total. The highest BCUT2D eigenvalue weighted by Crippen LogP contribution is 2.17. The molecule has 8 nitrogen and oxygen atoms in total. The van der Waals surface area contributed by atoms with Gasteiger partial charge in [-0.25, -0.2) is 4.98 Å². The van der Waals surface area contributed by atoms with Crippen LogP contribution >= 0.6 is 24.0 Å². The van der Waals surface area contributed by atoms with Gasteiger partial charge in [0.15, 0.2) is 5.96 Å². The summed E-state index contributed by atoms with van der Waals surface area (Å²) >= 11 is 0. The zero-order valence-corrected chi connectivity index (χ0v) is 20.5. The van der Waals surface area contributed by atoms with Gasteiger partial charge in [-0.05, 0) is 24.6 Å². The summed E-state index contributed by atoms with van der Waals surface area (Å²) in [6.07, 6.45) is 1.83. The molecule has 3 aromatic rings. The van der Waals surface area contributed by atoms with Crippen molar-refractivity contribution in [2.24, 2.45) is 4.99 Å². The van der Waals surface area contributed by atoms with Crippen LogP contribution in [0.1, 0.15) is 23.1 Å². The van der Waals surface area contributed by atoms with Crippen LogP contribution in [0, 0.1) is 0 Å². The number of imidazole rings is 1. The zero-order chi connectivity index (χ0) is 22.1. The average Bonchev–Trinajstić information content (AvgIpc) is 3.25. The summed E-state index contributed by atoms with van der Waals surface area (Å²) in [6.45, 7) is 4.04. The Morgan fingerprint density at radius 1 is 1.12 bits per heavy atom. The number of aromatic hydroxyl groups is 1. The van der Waals surface area contributed by atoms with E-state index < -0.39 is 0 Å². The quantitative estimate of drug-likeness (QED) is 0.150. The van der Waals surface area contributed by atoms with E-state index in [1.807, 2.05) is 55.4 Å². The lowest BCUT2D eigenvalue weighted by Crippen LogP contribution is -2.39. The van der Waals surface area contributed by atoms with Crippen LogP contribution in [0.15, 0.2) is 65.8 Å². The molecule has 1 amide bonds. The average molecular weight is 548 g/mol. The van der Waals surface area contributed by atoms with Crippen LogP contribution in [-0.2, 0) is 6.54 Å². The van der Waals surface area contributed by atoms with Crippen molar-refractivity contribution >= 4 is 35.8 Å². The van der Waals surface area contributed by atoms with Crippen LogP contribution in [0.3, 0.4) is 0 Å². The van der Waals surface area contributed by atoms with Crippen LogP contribution in [0.25, 0.3) is 11.3 Å². The normalized spacial score (nSPS) is 10.9. The topological polar surface area (TPSA) is 106 Å². The third-order valence-electron chi connectivity index (χ3n) is 4.60.